The zero-order chi connectivity index (χ0) is 20.3. The van der Waals surface area contributed by atoms with Crippen molar-refractivity contribution in [3.05, 3.63) is 69.0 Å². The number of hydrogen-bond donors (Lipinski definition) is 0. The molecule has 3 aromatic rings. The van der Waals surface area contributed by atoms with Crippen LogP contribution in [0.2, 0.25) is 5.02 Å². The molecular formula is C19H16ClF3N2O2S. The van der Waals surface area contributed by atoms with Gasteiger partial charge in [-0.25, -0.2) is 4.98 Å². The van der Waals surface area contributed by atoms with E-state index in [0.717, 1.165) is 12.1 Å². The summed E-state index contributed by atoms with van der Waals surface area (Å²) in [5.74, 6) is 0.232. The normalized spacial score (nSPS) is 11.9. The quantitative estimate of drug-likeness (QED) is 0.409. The first-order chi connectivity index (χ1) is 13.3. The molecule has 0 unspecified atom stereocenters. The minimum Gasteiger partial charge on any atom is -0.383 e. The van der Waals surface area contributed by atoms with Gasteiger partial charge in [0, 0.05) is 17.9 Å². The van der Waals surface area contributed by atoms with Crippen LogP contribution >= 0.6 is 23.4 Å². The highest BCUT2D eigenvalue weighted by Crippen LogP contribution is 2.31. The summed E-state index contributed by atoms with van der Waals surface area (Å²) < 4.78 is 45.3. The summed E-state index contributed by atoms with van der Waals surface area (Å²) in [6.07, 6.45) is -4.40. The zero-order valence-electron chi connectivity index (χ0n) is 14.8. The molecule has 2 aromatic carbocycles. The van der Waals surface area contributed by atoms with Crippen molar-refractivity contribution in [3.63, 3.8) is 0 Å². The van der Waals surface area contributed by atoms with E-state index in [4.69, 9.17) is 16.3 Å². The third kappa shape index (κ3) is 4.68. The lowest BCUT2D eigenvalue weighted by atomic mass is 10.1. The van der Waals surface area contributed by atoms with E-state index in [0.29, 0.717) is 33.3 Å². The fourth-order valence-electron chi connectivity index (χ4n) is 2.65. The van der Waals surface area contributed by atoms with Crippen molar-refractivity contribution < 1.29 is 17.9 Å². The van der Waals surface area contributed by atoms with Crippen molar-refractivity contribution in [3.8, 4) is 0 Å². The number of aromatic nitrogens is 2. The van der Waals surface area contributed by atoms with Crippen LogP contribution in [0.3, 0.4) is 0 Å². The Hall–Kier alpha value is -2.03. The molecular weight excluding hydrogens is 413 g/mol. The van der Waals surface area contributed by atoms with Crippen LogP contribution in [0.25, 0.3) is 10.9 Å². The lowest BCUT2D eigenvalue weighted by Gasteiger charge is -2.13. The topological polar surface area (TPSA) is 44.1 Å². The Bertz CT molecular complexity index is 1050. The number of methoxy groups -OCH3 is 1. The Morgan fingerprint density at radius 2 is 2.00 bits per heavy atom. The molecule has 0 spiro atoms. The van der Waals surface area contributed by atoms with E-state index >= 15 is 0 Å². The number of benzene rings is 2. The molecule has 0 atom stereocenters. The molecule has 0 saturated carbocycles. The van der Waals surface area contributed by atoms with Crippen LogP contribution in [0.1, 0.15) is 11.1 Å². The van der Waals surface area contributed by atoms with Gasteiger partial charge in [-0.15, -0.1) is 0 Å². The number of hydrogen-bond acceptors (Lipinski definition) is 4. The second kappa shape index (κ2) is 8.55. The summed E-state index contributed by atoms with van der Waals surface area (Å²) in [6, 6.07) is 9.91. The first-order valence-electron chi connectivity index (χ1n) is 8.27. The number of fused-ring (bicyclic) bond motifs is 1. The van der Waals surface area contributed by atoms with Gasteiger partial charge in [0.25, 0.3) is 5.56 Å². The molecule has 9 heteroatoms. The first kappa shape index (κ1) is 20.7. The number of thioether (sulfide) groups is 1. The van der Waals surface area contributed by atoms with Gasteiger partial charge >= 0.3 is 6.18 Å². The second-order valence-corrected chi connectivity index (χ2v) is 7.37. The predicted octanol–water partition coefficient (Wildman–Crippen LogP) is 5.01. The van der Waals surface area contributed by atoms with Gasteiger partial charge in [-0.2, -0.15) is 13.2 Å². The van der Waals surface area contributed by atoms with Gasteiger partial charge < -0.3 is 4.74 Å². The Morgan fingerprint density at radius 1 is 1.21 bits per heavy atom. The molecule has 0 saturated heterocycles. The third-order valence-corrected chi connectivity index (χ3v) is 5.31. The molecule has 0 aliphatic heterocycles. The molecule has 1 heterocycles. The van der Waals surface area contributed by atoms with Crippen LogP contribution in [0.15, 0.2) is 52.4 Å². The van der Waals surface area contributed by atoms with Crippen molar-refractivity contribution in [2.45, 2.75) is 23.6 Å². The highest BCUT2D eigenvalue weighted by Gasteiger charge is 2.30. The molecule has 3 rings (SSSR count). The van der Waals surface area contributed by atoms with Gasteiger partial charge in [0.15, 0.2) is 5.16 Å². The molecule has 0 bridgehead atoms. The summed E-state index contributed by atoms with van der Waals surface area (Å²) in [6.45, 7) is 0.587. The van der Waals surface area contributed by atoms with Gasteiger partial charge in [-0.1, -0.05) is 41.6 Å². The molecule has 0 aliphatic carbocycles. The zero-order valence-corrected chi connectivity index (χ0v) is 16.4. The maximum absolute atomic E-state index is 12.9. The van der Waals surface area contributed by atoms with Crippen LogP contribution < -0.4 is 5.56 Å². The number of nitrogens with zero attached hydrogens (tertiary/aromatic N) is 2. The molecule has 28 heavy (non-hydrogen) atoms. The Labute approximate surface area is 168 Å². The van der Waals surface area contributed by atoms with Crippen LogP contribution in [-0.2, 0) is 23.2 Å². The maximum atomic E-state index is 12.9. The molecule has 0 radical (unpaired) electrons. The summed E-state index contributed by atoms with van der Waals surface area (Å²) >= 11 is 7.19. The van der Waals surface area contributed by atoms with Gasteiger partial charge in [-0.05, 0) is 29.8 Å². The summed E-state index contributed by atoms with van der Waals surface area (Å²) in [7, 11) is 1.52. The monoisotopic (exact) mass is 428 g/mol. The van der Waals surface area contributed by atoms with Crippen molar-refractivity contribution >= 4 is 34.3 Å². The third-order valence-electron chi connectivity index (χ3n) is 4.02. The van der Waals surface area contributed by atoms with Gasteiger partial charge in [0.05, 0.1) is 29.6 Å². The molecule has 0 N–H and O–H groups in total. The van der Waals surface area contributed by atoms with Crippen LogP contribution in [0, 0.1) is 0 Å². The van der Waals surface area contributed by atoms with E-state index in [2.05, 4.69) is 4.98 Å². The van der Waals surface area contributed by atoms with E-state index in [1.165, 1.54) is 29.5 Å². The second-order valence-electron chi connectivity index (χ2n) is 5.99. The minimum atomic E-state index is -4.40. The molecule has 0 amide bonds. The van der Waals surface area contributed by atoms with Crippen LogP contribution in [-0.4, -0.2) is 23.3 Å². The van der Waals surface area contributed by atoms with Gasteiger partial charge in [0.2, 0.25) is 0 Å². The van der Waals surface area contributed by atoms with Crippen LogP contribution in [0.5, 0.6) is 0 Å². The van der Waals surface area contributed by atoms with Crippen LogP contribution in [0.4, 0.5) is 13.2 Å². The van der Waals surface area contributed by atoms with Gasteiger partial charge in [-0.3, -0.25) is 9.36 Å². The fraction of sp³-hybridized carbons (Fsp3) is 0.263. The van der Waals surface area contributed by atoms with E-state index < -0.39 is 11.7 Å². The lowest BCUT2D eigenvalue weighted by Crippen LogP contribution is -2.25. The summed E-state index contributed by atoms with van der Waals surface area (Å²) in [4.78, 5) is 17.3. The van der Waals surface area contributed by atoms with Crippen molar-refractivity contribution in [1.29, 1.82) is 0 Å². The molecule has 4 nitrogen and oxygen atoms in total. The average molecular weight is 429 g/mol. The minimum absolute atomic E-state index is 0.232. The SMILES string of the molecule is COCCn1c(SCc2cccc(C(F)(F)F)c2)nc2cc(Cl)ccc2c1=O. The fourth-order valence-corrected chi connectivity index (χ4v) is 3.78. The van der Waals surface area contributed by atoms with E-state index in [9.17, 15) is 18.0 Å². The van der Waals surface area contributed by atoms with E-state index in [1.54, 1.807) is 24.3 Å². The van der Waals surface area contributed by atoms with Gasteiger partial charge in [0.1, 0.15) is 0 Å². The number of alkyl halides is 3. The largest absolute Gasteiger partial charge is 0.416 e. The molecule has 0 aliphatic rings. The van der Waals surface area contributed by atoms with Crippen molar-refractivity contribution in [2.75, 3.05) is 13.7 Å². The Morgan fingerprint density at radius 3 is 2.71 bits per heavy atom. The summed E-state index contributed by atoms with van der Waals surface area (Å²) in [5, 5.41) is 1.26. The highest BCUT2D eigenvalue weighted by molar-refractivity contribution is 7.98. The number of halogens is 4. The predicted molar refractivity (Wildman–Crippen MR) is 104 cm³/mol. The van der Waals surface area contributed by atoms with E-state index in [1.807, 2.05) is 0 Å². The standard InChI is InChI=1S/C19H16ClF3N2O2S/c1-27-8-7-25-17(26)15-6-5-14(20)10-16(15)24-18(25)28-11-12-3-2-4-13(9-12)19(21,22)23/h2-6,9-10H,7-8,11H2,1H3. The molecule has 148 valence electrons. The number of rotatable bonds is 6. The smallest absolute Gasteiger partial charge is 0.383 e. The average Bonchev–Trinajstić information content (AvgIpc) is 2.65. The van der Waals surface area contributed by atoms with E-state index in [-0.39, 0.29) is 17.9 Å². The Balaban J connectivity index is 1.96. The number of ether oxygens (including phenoxy) is 1. The summed E-state index contributed by atoms with van der Waals surface area (Å²) in [5.41, 5.74) is -0.0258. The van der Waals surface area contributed by atoms with Crippen molar-refractivity contribution in [1.82, 2.24) is 9.55 Å². The molecule has 0 fully saturated rings. The Kier molecular flexibility index (Phi) is 6.32. The maximum Gasteiger partial charge on any atom is 0.416 e. The van der Waals surface area contributed by atoms with Crippen molar-refractivity contribution in [2.24, 2.45) is 0 Å². The highest BCUT2D eigenvalue weighted by atomic mass is 35.5. The first-order valence-corrected chi connectivity index (χ1v) is 9.64. The molecule has 1 aromatic heterocycles. The lowest BCUT2D eigenvalue weighted by molar-refractivity contribution is -0.137.